The minimum absolute atomic E-state index is 0.0862. The third-order valence-corrected chi connectivity index (χ3v) is 4.33. The molecule has 1 aliphatic rings. The van der Waals surface area contributed by atoms with Gasteiger partial charge in [0.1, 0.15) is 5.75 Å². The number of ether oxygens (including phenoxy) is 1. The summed E-state index contributed by atoms with van der Waals surface area (Å²) < 4.78 is 5.18. The summed E-state index contributed by atoms with van der Waals surface area (Å²) in [5.74, 6) is 1.20. The van der Waals surface area contributed by atoms with Crippen LogP contribution in [0.4, 0.5) is 0 Å². The Kier molecular flexibility index (Phi) is 5.62. The van der Waals surface area contributed by atoms with Crippen LogP contribution in [-0.4, -0.2) is 38.1 Å². The minimum atomic E-state index is 0.0862. The number of nitrogens with zero attached hydrogens (tertiary/aromatic N) is 1. The Labute approximate surface area is 127 Å². The van der Waals surface area contributed by atoms with Crippen LogP contribution in [0.25, 0.3) is 0 Å². The van der Waals surface area contributed by atoms with Gasteiger partial charge in [0.2, 0.25) is 5.91 Å². The lowest BCUT2D eigenvalue weighted by Crippen LogP contribution is -2.40. The molecule has 1 aromatic rings. The Hall–Kier alpha value is -1.55. The molecule has 0 aromatic heterocycles. The SMILES string of the molecule is CCC(NC(=O)C1CCN(C)CC1)c1ccc(OC)cc1. The highest BCUT2D eigenvalue weighted by atomic mass is 16.5. The Morgan fingerprint density at radius 2 is 1.95 bits per heavy atom. The fourth-order valence-electron chi connectivity index (χ4n) is 2.82. The van der Waals surface area contributed by atoms with Gasteiger partial charge in [-0.1, -0.05) is 19.1 Å². The van der Waals surface area contributed by atoms with Crippen molar-refractivity contribution in [2.24, 2.45) is 5.92 Å². The van der Waals surface area contributed by atoms with Gasteiger partial charge in [0.25, 0.3) is 0 Å². The highest BCUT2D eigenvalue weighted by molar-refractivity contribution is 5.79. The van der Waals surface area contributed by atoms with Crippen molar-refractivity contribution in [3.63, 3.8) is 0 Å². The number of piperidine rings is 1. The van der Waals surface area contributed by atoms with E-state index >= 15 is 0 Å². The maximum Gasteiger partial charge on any atom is 0.223 e. The van der Waals surface area contributed by atoms with Crippen LogP contribution >= 0.6 is 0 Å². The molecule has 4 nitrogen and oxygen atoms in total. The molecule has 1 saturated heterocycles. The van der Waals surface area contributed by atoms with Crippen molar-refractivity contribution >= 4 is 5.91 Å². The second-order valence-electron chi connectivity index (χ2n) is 5.82. The first-order valence-corrected chi connectivity index (χ1v) is 7.77. The molecular formula is C17H26N2O2. The lowest BCUT2D eigenvalue weighted by atomic mass is 9.95. The highest BCUT2D eigenvalue weighted by Gasteiger charge is 2.25. The summed E-state index contributed by atoms with van der Waals surface area (Å²) >= 11 is 0. The van der Waals surface area contributed by atoms with E-state index in [1.54, 1.807) is 7.11 Å². The zero-order chi connectivity index (χ0) is 15.2. The molecule has 1 atom stereocenters. The molecule has 2 rings (SSSR count). The van der Waals surface area contributed by atoms with E-state index in [4.69, 9.17) is 4.74 Å². The van der Waals surface area contributed by atoms with Gasteiger partial charge in [-0.25, -0.2) is 0 Å². The predicted molar refractivity (Wildman–Crippen MR) is 84.4 cm³/mol. The summed E-state index contributed by atoms with van der Waals surface area (Å²) in [7, 11) is 3.77. The van der Waals surface area contributed by atoms with Gasteiger partial charge in [0.05, 0.1) is 13.2 Å². The van der Waals surface area contributed by atoms with Crippen molar-refractivity contribution in [2.45, 2.75) is 32.2 Å². The summed E-state index contributed by atoms with van der Waals surface area (Å²) in [5, 5.41) is 3.21. The van der Waals surface area contributed by atoms with Crippen LogP contribution in [0.15, 0.2) is 24.3 Å². The van der Waals surface area contributed by atoms with Gasteiger partial charge in [-0.2, -0.15) is 0 Å². The van der Waals surface area contributed by atoms with Crippen LogP contribution in [0.2, 0.25) is 0 Å². The fraction of sp³-hybridized carbons (Fsp3) is 0.588. The molecule has 21 heavy (non-hydrogen) atoms. The number of rotatable bonds is 5. The van der Waals surface area contributed by atoms with Crippen LogP contribution in [-0.2, 0) is 4.79 Å². The summed E-state index contributed by atoms with van der Waals surface area (Å²) in [6.07, 6.45) is 2.81. The number of methoxy groups -OCH3 is 1. The van der Waals surface area contributed by atoms with Crippen LogP contribution < -0.4 is 10.1 Å². The normalized spacial score (nSPS) is 18.2. The Balaban J connectivity index is 1.96. The molecular weight excluding hydrogens is 264 g/mol. The number of carbonyl (C=O) groups excluding carboxylic acids is 1. The summed E-state index contributed by atoms with van der Waals surface area (Å²) in [6, 6.07) is 8.03. The van der Waals surface area contributed by atoms with E-state index < -0.39 is 0 Å². The second-order valence-corrected chi connectivity index (χ2v) is 5.82. The number of hydrogen-bond donors (Lipinski definition) is 1. The number of amides is 1. The van der Waals surface area contributed by atoms with Gasteiger partial charge in [-0.05, 0) is 57.1 Å². The molecule has 1 amide bonds. The summed E-state index contributed by atoms with van der Waals surface area (Å²) in [6.45, 7) is 4.12. The van der Waals surface area contributed by atoms with Crippen molar-refractivity contribution in [1.82, 2.24) is 10.2 Å². The predicted octanol–water partition coefficient (Wildman–Crippen LogP) is 2.60. The standard InChI is InChI=1S/C17H26N2O2/c1-4-16(13-5-7-15(21-3)8-6-13)18-17(20)14-9-11-19(2)12-10-14/h5-8,14,16H,4,9-12H2,1-3H3,(H,18,20). The highest BCUT2D eigenvalue weighted by Crippen LogP contribution is 2.22. The molecule has 1 heterocycles. The molecule has 116 valence electrons. The first kappa shape index (κ1) is 15.8. The van der Waals surface area contributed by atoms with Gasteiger partial charge < -0.3 is 15.0 Å². The molecule has 1 unspecified atom stereocenters. The summed E-state index contributed by atoms with van der Waals surface area (Å²) in [5.41, 5.74) is 1.14. The molecule has 0 aliphatic carbocycles. The van der Waals surface area contributed by atoms with Crippen molar-refractivity contribution in [3.8, 4) is 5.75 Å². The average molecular weight is 290 g/mol. The van der Waals surface area contributed by atoms with Crippen LogP contribution in [0.5, 0.6) is 5.75 Å². The first-order valence-electron chi connectivity index (χ1n) is 7.77. The Morgan fingerprint density at radius 3 is 2.48 bits per heavy atom. The van der Waals surface area contributed by atoms with E-state index in [-0.39, 0.29) is 17.9 Å². The van der Waals surface area contributed by atoms with Gasteiger partial charge in [-0.15, -0.1) is 0 Å². The largest absolute Gasteiger partial charge is 0.497 e. The smallest absolute Gasteiger partial charge is 0.223 e. The molecule has 1 aromatic carbocycles. The lowest BCUT2D eigenvalue weighted by Gasteiger charge is -2.29. The van der Waals surface area contributed by atoms with Gasteiger partial charge in [0, 0.05) is 5.92 Å². The maximum atomic E-state index is 12.4. The number of benzene rings is 1. The Morgan fingerprint density at radius 1 is 1.33 bits per heavy atom. The molecule has 1 fully saturated rings. The third-order valence-electron chi connectivity index (χ3n) is 4.33. The molecule has 1 aliphatic heterocycles. The molecule has 0 spiro atoms. The van der Waals surface area contributed by atoms with Gasteiger partial charge in [0.15, 0.2) is 0 Å². The quantitative estimate of drug-likeness (QED) is 0.906. The van der Waals surface area contributed by atoms with Crippen molar-refractivity contribution in [2.75, 3.05) is 27.2 Å². The zero-order valence-electron chi connectivity index (χ0n) is 13.3. The molecule has 0 radical (unpaired) electrons. The first-order chi connectivity index (χ1) is 10.1. The van der Waals surface area contributed by atoms with E-state index in [2.05, 4.69) is 24.2 Å². The number of likely N-dealkylation sites (tertiary alicyclic amines) is 1. The van der Waals surface area contributed by atoms with Crippen molar-refractivity contribution in [3.05, 3.63) is 29.8 Å². The van der Waals surface area contributed by atoms with Crippen LogP contribution in [0.1, 0.15) is 37.8 Å². The number of hydrogen-bond acceptors (Lipinski definition) is 3. The monoisotopic (exact) mass is 290 g/mol. The lowest BCUT2D eigenvalue weighted by molar-refractivity contribution is -0.127. The zero-order valence-corrected chi connectivity index (χ0v) is 13.3. The van der Waals surface area contributed by atoms with E-state index in [9.17, 15) is 4.79 Å². The van der Waals surface area contributed by atoms with Gasteiger partial charge in [-0.3, -0.25) is 4.79 Å². The summed E-state index contributed by atoms with van der Waals surface area (Å²) in [4.78, 5) is 14.7. The van der Waals surface area contributed by atoms with Crippen molar-refractivity contribution < 1.29 is 9.53 Å². The molecule has 0 saturated carbocycles. The van der Waals surface area contributed by atoms with Crippen molar-refractivity contribution in [1.29, 1.82) is 0 Å². The van der Waals surface area contributed by atoms with Gasteiger partial charge >= 0.3 is 0 Å². The average Bonchev–Trinajstić information content (AvgIpc) is 2.53. The fourth-order valence-corrected chi connectivity index (χ4v) is 2.82. The third kappa shape index (κ3) is 4.21. The van der Waals surface area contributed by atoms with Crippen LogP contribution in [0.3, 0.4) is 0 Å². The maximum absolute atomic E-state index is 12.4. The molecule has 0 bridgehead atoms. The van der Waals surface area contributed by atoms with Crippen LogP contribution in [0, 0.1) is 5.92 Å². The minimum Gasteiger partial charge on any atom is -0.497 e. The Bertz CT molecular complexity index is 450. The van der Waals surface area contributed by atoms with E-state index in [0.717, 1.165) is 43.7 Å². The van der Waals surface area contributed by atoms with E-state index in [1.165, 1.54) is 0 Å². The molecule has 4 heteroatoms. The molecule has 1 N–H and O–H groups in total. The second kappa shape index (κ2) is 7.46. The number of nitrogens with one attached hydrogen (secondary N) is 1. The van der Waals surface area contributed by atoms with E-state index in [1.807, 2.05) is 24.3 Å². The number of carbonyl (C=O) groups is 1. The topological polar surface area (TPSA) is 41.6 Å². The van der Waals surface area contributed by atoms with E-state index in [0.29, 0.717) is 0 Å².